The molecule has 2 aromatic rings. The van der Waals surface area contributed by atoms with E-state index in [4.69, 9.17) is 9.47 Å². The number of benzene rings is 2. The van der Waals surface area contributed by atoms with Crippen LogP contribution >= 0.6 is 47.8 Å². The van der Waals surface area contributed by atoms with E-state index in [9.17, 15) is 9.90 Å². The maximum Gasteiger partial charge on any atom is 0.284 e. The first-order valence-electron chi connectivity index (χ1n) is 7.05. The number of fused-ring (bicyclic) bond motifs is 1. The minimum atomic E-state index is -0.794. The van der Waals surface area contributed by atoms with Crippen LogP contribution in [0.4, 0.5) is 0 Å². The van der Waals surface area contributed by atoms with Crippen LogP contribution in [-0.2, 0) is 4.79 Å². The Morgan fingerprint density at radius 2 is 1.96 bits per heavy atom. The van der Waals surface area contributed by atoms with Crippen LogP contribution in [0.1, 0.15) is 5.56 Å². The highest BCUT2D eigenvalue weighted by atomic mass is 79.9. The lowest BCUT2D eigenvalue weighted by atomic mass is 10.2. The largest absolute Gasteiger partial charge is 0.506 e. The summed E-state index contributed by atoms with van der Waals surface area (Å²) in [5, 5.41) is 13.8. The third kappa shape index (κ3) is 3.99. The van der Waals surface area contributed by atoms with E-state index in [1.807, 2.05) is 6.07 Å². The first kappa shape index (κ1) is 18.2. The van der Waals surface area contributed by atoms with Crippen molar-refractivity contribution in [2.45, 2.75) is 6.10 Å². The average Bonchev–Trinajstić information content (AvgIpc) is 2.62. The topological polar surface area (TPSA) is 80.2 Å². The zero-order chi connectivity index (χ0) is 18.0. The number of phenolic OH excluding ortho intramolecular Hbond substituents is 1. The van der Waals surface area contributed by atoms with Gasteiger partial charge in [0, 0.05) is 10.0 Å². The molecule has 25 heavy (non-hydrogen) atoms. The Hall–Kier alpha value is -1.58. The minimum absolute atomic E-state index is 0.0385. The quantitative estimate of drug-likeness (QED) is 0.461. The molecule has 3 rings (SSSR count). The van der Waals surface area contributed by atoms with E-state index in [1.165, 1.54) is 6.21 Å². The fourth-order valence-electron chi connectivity index (χ4n) is 2.09. The van der Waals surface area contributed by atoms with Crippen LogP contribution in [0.3, 0.4) is 0 Å². The average molecular weight is 535 g/mol. The van der Waals surface area contributed by atoms with Crippen molar-refractivity contribution in [2.75, 3.05) is 6.61 Å². The molecule has 0 aliphatic carbocycles. The fraction of sp³-hybridized carbons (Fsp3) is 0.125. The van der Waals surface area contributed by atoms with Crippen LogP contribution in [-0.4, -0.2) is 29.9 Å². The van der Waals surface area contributed by atoms with Gasteiger partial charge in [-0.1, -0.05) is 28.1 Å². The maximum absolute atomic E-state index is 12.2. The predicted octanol–water partition coefficient (Wildman–Crippen LogP) is 3.97. The number of amides is 1. The molecule has 0 saturated carbocycles. The van der Waals surface area contributed by atoms with Crippen LogP contribution in [0.5, 0.6) is 17.2 Å². The molecule has 0 fully saturated rings. The van der Waals surface area contributed by atoms with Gasteiger partial charge in [0.25, 0.3) is 5.91 Å². The molecule has 2 aromatic carbocycles. The van der Waals surface area contributed by atoms with Gasteiger partial charge >= 0.3 is 0 Å². The zero-order valence-electron chi connectivity index (χ0n) is 12.5. The van der Waals surface area contributed by atoms with Crippen molar-refractivity contribution in [1.29, 1.82) is 0 Å². The van der Waals surface area contributed by atoms with Crippen LogP contribution in [0.2, 0.25) is 0 Å². The summed E-state index contributed by atoms with van der Waals surface area (Å²) in [4.78, 5) is 12.2. The van der Waals surface area contributed by atoms with Gasteiger partial charge in [0.1, 0.15) is 12.4 Å². The van der Waals surface area contributed by atoms with Gasteiger partial charge in [-0.3, -0.25) is 4.79 Å². The highest BCUT2D eigenvalue weighted by Crippen LogP contribution is 2.38. The Bertz CT molecular complexity index is 858. The molecule has 0 radical (unpaired) electrons. The van der Waals surface area contributed by atoms with E-state index < -0.39 is 12.0 Å². The Morgan fingerprint density at radius 3 is 2.72 bits per heavy atom. The molecule has 9 heteroatoms. The zero-order valence-corrected chi connectivity index (χ0v) is 17.3. The van der Waals surface area contributed by atoms with E-state index in [2.05, 4.69) is 58.3 Å². The molecule has 0 bridgehead atoms. The van der Waals surface area contributed by atoms with Gasteiger partial charge in [-0.2, -0.15) is 5.10 Å². The van der Waals surface area contributed by atoms with Gasteiger partial charge < -0.3 is 14.6 Å². The highest BCUT2D eigenvalue weighted by Gasteiger charge is 2.27. The number of hydrogen-bond acceptors (Lipinski definition) is 5. The van der Waals surface area contributed by atoms with Gasteiger partial charge in [0.05, 0.1) is 15.2 Å². The van der Waals surface area contributed by atoms with Crippen molar-refractivity contribution in [3.05, 3.63) is 49.3 Å². The second kappa shape index (κ2) is 7.76. The van der Waals surface area contributed by atoms with Gasteiger partial charge in [-0.05, 0) is 50.1 Å². The van der Waals surface area contributed by atoms with Gasteiger partial charge in [0.2, 0.25) is 6.10 Å². The summed E-state index contributed by atoms with van der Waals surface area (Å²) in [5.41, 5.74) is 2.99. The van der Waals surface area contributed by atoms with Crippen molar-refractivity contribution in [1.82, 2.24) is 5.43 Å². The second-order valence-electron chi connectivity index (χ2n) is 5.01. The number of phenols is 1. The number of hydrogen-bond donors (Lipinski definition) is 2. The third-order valence-corrected chi connectivity index (χ3v) is 5.41. The van der Waals surface area contributed by atoms with E-state index in [1.54, 1.807) is 24.3 Å². The number of nitrogens with zero attached hydrogens (tertiary/aromatic N) is 1. The molecule has 1 heterocycles. The van der Waals surface area contributed by atoms with Gasteiger partial charge in [-0.15, -0.1) is 0 Å². The van der Waals surface area contributed by atoms with Crippen LogP contribution in [0, 0.1) is 0 Å². The molecule has 6 nitrogen and oxygen atoms in total. The Kier molecular flexibility index (Phi) is 5.65. The summed E-state index contributed by atoms with van der Waals surface area (Å²) in [6.45, 7) is 0.102. The van der Waals surface area contributed by atoms with Crippen LogP contribution in [0.15, 0.2) is 48.9 Å². The van der Waals surface area contributed by atoms with E-state index in [-0.39, 0.29) is 12.4 Å². The molecule has 1 unspecified atom stereocenters. The van der Waals surface area contributed by atoms with Crippen molar-refractivity contribution >= 4 is 59.9 Å². The summed E-state index contributed by atoms with van der Waals surface area (Å²) in [5.74, 6) is 0.727. The number of ether oxygens (including phenoxy) is 2. The lowest BCUT2D eigenvalue weighted by molar-refractivity contribution is -0.130. The monoisotopic (exact) mass is 532 g/mol. The van der Waals surface area contributed by atoms with Gasteiger partial charge in [0.15, 0.2) is 11.5 Å². The van der Waals surface area contributed by atoms with E-state index in [0.717, 1.165) is 0 Å². The molecule has 1 aliphatic rings. The van der Waals surface area contributed by atoms with Crippen molar-refractivity contribution in [2.24, 2.45) is 5.10 Å². The Morgan fingerprint density at radius 1 is 1.24 bits per heavy atom. The summed E-state index contributed by atoms with van der Waals surface area (Å²) < 4.78 is 12.8. The maximum atomic E-state index is 12.2. The molecular weight excluding hydrogens is 524 g/mol. The second-order valence-corrected chi connectivity index (χ2v) is 7.52. The molecule has 2 N–H and O–H groups in total. The SMILES string of the molecule is O=C(N/N=C\c1c(Br)cc(Br)c(O)c1Br)C1COc2ccccc2O1. The van der Waals surface area contributed by atoms with Crippen molar-refractivity contribution in [3.8, 4) is 17.2 Å². The van der Waals surface area contributed by atoms with Crippen molar-refractivity contribution < 1.29 is 19.4 Å². The number of rotatable bonds is 3. The number of nitrogens with one attached hydrogen (secondary N) is 1. The molecule has 130 valence electrons. The molecule has 0 aromatic heterocycles. The molecule has 1 atom stereocenters. The lowest BCUT2D eigenvalue weighted by Crippen LogP contribution is -2.42. The van der Waals surface area contributed by atoms with Gasteiger partial charge in [-0.25, -0.2) is 5.43 Å². The number of aromatic hydroxyl groups is 1. The normalized spacial score (nSPS) is 16.0. The third-order valence-electron chi connectivity index (χ3n) is 3.35. The standard InChI is InChI=1S/C16H11Br3N2O4/c17-9-5-10(18)15(22)14(19)8(9)6-20-21-16(23)13-7-24-11-3-1-2-4-12(11)25-13/h1-6,13,22H,7H2,(H,21,23)/b20-6-. The summed E-state index contributed by atoms with van der Waals surface area (Å²) >= 11 is 9.89. The predicted molar refractivity (Wildman–Crippen MR) is 103 cm³/mol. The first-order chi connectivity index (χ1) is 12.0. The summed E-state index contributed by atoms with van der Waals surface area (Å²) in [6.07, 6.45) is 0.618. The number of halogens is 3. The fourth-order valence-corrected chi connectivity index (χ4v) is 4.42. The van der Waals surface area contributed by atoms with Crippen LogP contribution < -0.4 is 14.9 Å². The summed E-state index contributed by atoms with van der Waals surface area (Å²) in [7, 11) is 0. The first-order valence-corrected chi connectivity index (χ1v) is 9.43. The lowest BCUT2D eigenvalue weighted by Gasteiger charge is -2.24. The molecule has 0 spiro atoms. The minimum Gasteiger partial charge on any atom is -0.506 e. The van der Waals surface area contributed by atoms with E-state index in [0.29, 0.717) is 30.5 Å². The number of hydrazone groups is 1. The Labute approximate surface area is 168 Å². The van der Waals surface area contributed by atoms with E-state index >= 15 is 0 Å². The molecular formula is C16H11Br3N2O4. The summed E-state index contributed by atoms with van der Waals surface area (Å²) in [6, 6.07) is 8.82. The number of carbonyl (C=O) groups excluding carboxylic acids is 1. The Balaban J connectivity index is 1.67. The molecule has 1 amide bonds. The molecule has 1 aliphatic heterocycles. The molecule has 0 saturated heterocycles. The number of carbonyl (C=O) groups is 1. The number of para-hydroxylation sites is 2. The van der Waals surface area contributed by atoms with Crippen molar-refractivity contribution in [3.63, 3.8) is 0 Å². The van der Waals surface area contributed by atoms with Crippen LogP contribution in [0.25, 0.3) is 0 Å². The highest BCUT2D eigenvalue weighted by molar-refractivity contribution is 9.11. The smallest absolute Gasteiger partial charge is 0.284 e.